The maximum atomic E-state index is 8.56. The van der Waals surface area contributed by atoms with Crippen LogP contribution in [0, 0.1) is 32.6 Å². The fraction of sp³-hybridized carbons (Fsp3) is 0.351. The summed E-state index contributed by atoms with van der Waals surface area (Å²) in [6.45, 7) is 9.69. The molecule has 6 rings (SSSR count). The maximum Gasteiger partial charge on any atom is 3.00 e. The number of aliphatic hydroxyl groups is 2. The first-order chi connectivity index (χ1) is 20.3. The van der Waals surface area contributed by atoms with E-state index in [1.807, 2.05) is 24.4 Å². The molecule has 1 fully saturated rings. The Morgan fingerprint density at radius 3 is 2.30 bits per heavy atom. The molecule has 0 amide bonds. The summed E-state index contributed by atoms with van der Waals surface area (Å²) in [7, 11) is 0. The van der Waals surface area contributed by atoms with Crippen molar-refractivity contribution in [2.24, 2.45) is 0 Å². The summed E-state index contributed by atoms with van der Waals surface area (Å²) in [5, 5.41) is 19.5. The Morgan fingerprint density at radius 2 is 1.65 bits per heavy atom. The topological polar surface area (TPSA) is 59.8 Å². The van der Waals surface area contributed by atoms with Crippen LogP contribution >= 0.6 is 0 Å². The molecule has 43 heavy (non-hydrogen) atoms. The number of aromatic nitrogens is 1. The van der Waals surface area contributed by atoms with Crippen molar-refractivity contribution in [3.05, 3.63) is 115 Å². The molecule has 4 aromatic rings. The first-order valence-electron chi connectivity index (χ1n) is 15.1. The Labute approximate surface area is 271 Å². The molecule has 3 aromatic carbocycles. The molecule has 0 bridgehead atoms. The predicted octanol–water partition coefficient (Wildman–Crippen LogP) is 7.99. The van der Waals surface area contributed by atoms with E-state index in [1.54, 1.807) is 13.8 Å². The van der Waals surface area contributed by atoms with Crippen molar-refractivity contribution in [3.8, 4) is 11.3 Å². The van der Waals surface area contributed by atoms with E-state index in [4.69, 9.17) is 10.2 Å². The Morgan fingerprint density at radius 1 is 0.930 bits per heavy atom. The third-order valence-electron chi connectivity index (χ3n) is 7.38. The molecule has 1 aliphatic heterocycles. The summed E-state index contributed by atoms with van der Waals surface area (Å²) in [6, 6.07) is 30.1. The summed E-state index contributed by atoms with van der Waals surface area (Å²) < 4.78 is 0. The van der Waals surface area contributed by atoms with E-state index in [0.29, 0.717) is 12.5 Å². The second kappa shape index (κ2) is 17.3. The number of hydrogen-bond acceptors (Lipinski definition) is 5. The number of aryl methyl sites for hydroxylation is 2. The van der Waals surface area contributed by atoms with Gasteiger partial charge in [0.05, 0.1) is 12.2 Å². The van der Waals surface area contributed by atoms with Crippen LogP contribution in [0.3, 0.4) is 0 Å². The smallest absolute Gasteiger partial charge is 0.505 e. The minimum Gasteiger partial charge on any atom is -0.505 e. The van der Waals surface area contributed by atoms with Gasteiger partial charge in [-0.05, 0) is 68.0 Å². The van der Waals surface area contributed by atoms with Crippen LogP contribution < -0.4 is 4.90 Å². The molecule has 0 spiro atoms. The van der Waals surface area contributed by atoms with Crippen molar-refractivity contribution in [1.29, 1.82) is 0 Å². The van der Waals surface area contributed by atoms with Crippen molar-refractivity contribution < 1.29 is 30.3 Å². The van der Waals surface area contributed by atoms with Gasteiger partial charge in [0.2, 0.25) is 0 Å². The number of aliphatic hydroxyl groups excluding tert-OH is 2. The van der Waals surface area contributed by atoms with Gasteiger partial charge in [-0.1, -0.05) is 57.4 Å². The van der Waals surface area contributed by atoms with E-state index >= 15 is 0 Å². The van der Waals surface area contributed by atoms with Crippen LogP contribution in [0.5, 0.6) is 0 Å². The van der Waals surface area contributed by atoms with Crippen LogP contribution in [-0.4, -0.2) is 38.3 Å². The SMILES string of the molecule is CC(O)CC(C)O.Cc1[c-]c(-c2nccc3ccccc23)cc(C)c1.[Ir+3].[c-]1ccccc1N1C=CN(C2CCCCC2)[CH-]1. The number of para-hydroxylation sites is 1. The Kier molecular flexibility index (Phi) is 13.9. The molecule has 0 radical (unpaired) electrons. The largest absolute Gasteiger partial charge is 3.00 e. The van der Waals surface area contributed by atoms with Crippen molar-refractivity contribution in [2.75, 3.05) is 4.90 Å². The average Bonchev–Trinajstić information content (AvgIpc) is 3.48. The quantitative estimate of drug-likeness (QED) is 0.203. The minimum absolute atomic E-state index is 0. The molecule has 1 saturated carbocycles. The minimum atomic E-state index is -0.375. The van der Waals surface area contributed by atoms with E-state index in [-0.39, 0.29) is 32.3 Å². The molecular formula is C37H44IrN3O2. The van der Waals surface area contributed by atoms with Crippen LogP contribution in [0.25, 0.3) is 22.0 Å². The van der Waals surface area contributed by atoms with Crippen molar-refractivity contribution >= 4 is 16.5 Å². The van der Waals surface area contributed by atoms with Gasteiger partial charge in [-0.25, -0.2) is 0 Å². The van der Waals surface area contributed by atoms with E-state index in [2.05, 4.69) is 108 Å². The molecular weight excluding hydrogens is 711 g/mol. The third kappa shape index (κ3) is 10.6. The van der Waals surface area contributed by atoms with Crippen molar-refractivity contribution in [1.82, 2.24) is 9.88 Å². The van der Waals surface area contributed by atoms with Crippen molar-refractivity contribution in [2.45, 2.75) is 84.5 Å². The Bertz CT molecular complexity index is 1390. The standard InChI is InChI=1S/C17H14N.C15H18N2.C5H12O2.Ir/c1-12-9-13(2)11-15(10-12)17-16-6-4-3-5-14(16)7-8-18-17;1-3-7-14(8-4-1)16-11-12-17(13-16)15-9-5-2-6-10-15;1-4(6)3-5(2)7;/h3-10H,1-2H3;1,3-4,7,11-13,15H,2,5-6,9-10H2;4-7H,3H2,1-2H3;/q-1;-2;;+3. The number of rotatable bonds is 5. The molecule has 228 valence electrons. The van der Waals surface area contributed by atoms with Crippen LogP contribution in [0.15, 0.2) is 85.3 Å². The predicted molar refractivity (Wildman–Crippen MR) is 173 cm³/mol. The summed E-state index contributed by atoms with van der Waals surface area (Å²) in [4.78, 5) is 9.04. The first-order valence-corrected chi connectivity index (χ1v) is 15.1. The normalized spacial score (nSPS) is 16.0. The van der Waals surface area contributed by atoms with Gasteiger partial charge >= 0.3 is 20.1 Å². The van der Waals surface area contributed by atoms with Gasteiger partial charge in [-0.3, -0.25) is 0 Å². The van der Waals surface area contributed by atoms with Gasteiger partial charge in [0.15, 0.2) is 0 Å². The Hall–Kier alpha value is -3.02. The number of hydrogen-bond donors (Lipinski definition) is 2. The van der Waals surface area contributed by atoms with Gasteiger partial charge in [-0.15, -0.1) is 40.6 Å². The first kappa shape index (κ1) is 34.5. The van der Waals surface area contributed by atoms with Gasteiger partial charge in [0.1, 0.15) is 0 Å². The van der Waals surface area contributed by atoms with Crippen LogP contribution in [-0.2, 0) is 20.1 Å². The second-order valence-electron chi connectivity index (χ2n) is 11.4. The number of anilines is 1. The number of benzene rings is 3. The Balaban J connectivity index is 0.000000191. The van der Waals surface area contributed by atoms with Crippen molar-refractivity contribution in [3.63, 3.8) is 0 Å². The third-order valence-corrected chi connectivity index (χ3v) is 7.38. The van der Waals surface area contributed by atoms with E-state index in [0.717, 1.165) is 22.5 Å². The average molecular weight is 755 g/mol. The van der Waals surface area contributed by atoms with Gasteiger partial charge in [-0.2, -0.15) is 37.0 Å². The van der Waals surface area contributed by atoms with Gasteiger partial charge < -0.3 is 25.0 Å². The zero-order valence-electron chi connectivity index (χ0n) is 25.7. The molecule has 2 N–H and O–H groups in total. The summed E-state index contributed by atoms with van der Waals surface area (Å²) in [6.07, 6.45) is 12.7. The molecule has 6 heteroatoms. The molecule has 1 aliphatic carbocycles. The molecule has 0 saturated heterocycles. The molecule has 2 atom stereocenters. The fourth-order valence-corrected chi connectivity index (χ4v) is 5.50. The zero-order valence-corrected chi connectivity index (χ0v) is 28.1. The maximum absolute atomic E-state index is 8.56. The van der Waals surface area contributed by atoms with E-state index < -0.39 is 0 Å². The van der Waals surface area contributed by atoms with Crippen LogP contribution in [0.4, 0.5) is 5.69 Å². The van der Waals surface area contributed by atoms with Crippen LogP contribution in [0.1, 0.15) is 63.5 Å². The number of nitrogens with zero attached hydrogens (tertiary/aromatic N) is 3. The molecule has 2 heterocycles. The number of fused-ring (bicyclic) bond motifs is 1. The summed E-state index contributed by atoms with van der Waals surface area (Å²) in [5.41, 5.74) is 5.60. The fourth-order valence-electron chi connectivity index (χ4n) is 5.50. The monoisotopic (exact) mass is 755 g/mol. The molecule has 2 unspecified atom stereocenters. The number of pyridine rings is 1. The molecule has 1 aromatic heterocycles. The summed E-state index contributed by atoms with van der Waals surface area (Å²) in [5.74, 6) is 0. The van der Waals surface area contributed by atoms with Gasteiger partial charge in [0, 0.05) is 12.2 Å². The summed E-state index contributed by atoms with van der Waals surface area (Å²) >= 11 is 0. The second-order valence-corrected chi connectivity index (χ2v) is 11.4. The molecule has 2 aliphatic rings. The van der Waals surface area contributed by atoms with Crippen LogP contribution in [0.2, 0.25) is 0 Å². The van der Waals surface area contributed by atoms with Gasteiger partial charge in [0.25, 0.3) is 0 Å². The molecule has 5 nitrogen and oxygen atoms in total. The zero-order chi connectivity index (χ0) is 29.9. The van der Waals surface area contributed by atoms with E-state index in [1.165, 1.54) is 48.4 Å². The van der Waals surface area contributed by atoms with E-state index in [9.17, 15) is 0 Å².